The zero-order valence-electron chi connectivity index (χ0n) is 8.54. The molecule has 2 nitrogen and oxygen atoms in total. The molecule has 1 heterocycles. The fraction of sp³-hybridized carbons (Fsp3) is 0.250. The summed E-state index contributed by atoms with van der Waals surface area (Å²) in [6.45, 7) is 4.31. The van der Waals surface area contributed by atoms with Crippen LogP contribution in [0.2, 0.25) is 0 Å². The SMILES string of the molecule is Cc1cccc(C)c1Cc1cn[nH]c1. The van der Waals surface area contributed by atoms with E-state index in [4.69, 9.17) is 0 Å². The van der Waals surface area contributed by atoms with E-state index in [2.05, 4.69) is 42.2 Å². The van der Waals surface area contributed by atoms with E-state index in [0.29, 0.717) is 0 Å². The van der Waals surface area contributed by atoms with Crippen LogP contribution in [-0.2, 0) is 6.42 Å². The van der Waals surface area contributed by atoms with Crippen LogP contribution >= 0.6 is 0 Å². The molecule has 0 bridgehead atoms. The molecule has 2 heteroatoms. The van der Waals surface area contributed by atoms with E-state index in [9.17, 15) is 0 Å². The standard InChI is InChI=1S/C12H14N2/c1-9-4-3-5-10(2)12(9)6-11-7-13-14-8-11/h3-5,7-8H,6H2,1-2H3,(H,13,14). The number of hydrogen-bond acceptors (Lipinski definition) is 1. The van der Waals surface area contributed by atoms with Gasteiger partial charge in [0.15, 0.2) is 0 Å². The molecule has 72 valence electrons. The first kappa shape index (κ1) is 9.00. The van der Waals surface area contributed by atoms with E-state index in [-0.39, 0.29) is 0 Å². The minimum atomic E-state index is 0.967. The fourth-order valence-electron chi connectivity index (χ4n) is 1.71. The minimum Gasteiger partial charge on any atom is -0.285 e. The van der Waals surface area contributed by atoms with Crippen LogP contribution in [0.3, 0.4) is 0 Å². The van der Waals surface area contributed by atoms with Crippen molar-refractivity contribution >= 4 is 0 Å². The van der Waals surface area contributed by atoms with Gasteiger partial charge < -0.3 is 0 Å². The Morgan fingerprint density at radius 3 is 2.50 bits per heavy atom. The van der Waals surface area contributed by atoms with Crippen molar-refractivity contribution < 1.29 is 0 Å². The van der Waals surface area contributed by atoms with Gasteiger partial charge in [-0.15, -0.1) is 0 Å². The lowest BCUT2D eigenvalue weighted by molar-refractivity contribution is 1.09. The highest BCUT2D eigenvalue weighted by atomic mass is 15.1. The van der Waals surface area contributed by atoms with Gasteiger partial charge in [-0.05, 0) is 36.1 Å². The Hall–Kier alpha value is -1.57. The molecule has 14 heavy (non-hydrogen) atoms. The van der Waals surface area contributed by atoms with Crippen LogP contribution in [0.25, 0.3) is 0 Å². The molecule has 0 amide bonds. The summed E-state index contributed by atoms with van der Waals surface area (Å²) in [4.78, 5) is 0. The maximum Gasteiger partial charge on any atom is 0.0522 e. The monoisotopic (exact) mass is 186 g/mol. The van der Waals surface area contributed by atoms with Gasteiger partial charge in [0.2, 0.25) is 0 Å². The largest absolute Gasteiger partial charge is 0.285 e. The van der Waals surface area contributed by atoms with Crippen LogP contribution in [0.4, 0.5) is 0 Å². The summed E-state index contributed by atoms with van der Waals surface area (Å²) >= 11 is 0. The average Bonchev–Trinajstić information content (AvgIpc) is 2.64. The molecule has 0 fully saturated rings. The Morgan fingerprint density at radius 1 is 1.21 bits per heavy atom. The third-order valence-corrected chi connectivity index (χ3v) is 2.58. The predicted molar refractivity (Wildman–Crippen MR) is 57.3 cm³/mol. The van der Waals surface area contributed by atoms with Crippen molar-refractivity contribution in [3.05, 3.63) is 52.8 Å². The summed E-state index contributed by atoms with van der Waals surface area (Å²) in [6.07, 6.45) is 4.80. The average molecular weight is 186 g/mol. The summed E-state index contributed by atoms with van der Waals surface area (Å²) in [5, 5.41) is 6.79. The number of H-pyrrole nitrogens is 1. The predicted octanol–water partition coefficient (Wildman–Crippen LogP) is 2.62. The lowest BCUT2D eigenvalue weighted by atomic mass is 9.98. The highest BCUT2D eigenvalue weighted by molar-refractivity contribution is 5.36. The first-order valence-corrected chi connectivity index (χ1v) is 4.80. The molecule has 0 aliphatic heterocycles. The Balaban J connectivity index is 2.33. The maximum atomic E-state index is 3.95. The van der Waals surface area contributed by atoms with Crippen LogP contribution in [0.15, 0.2) is 30.6 Å². The molecule has 0 radical (unpaired) electrons. The molecule has 1 aromatic carbocycles. The molecule has 0 atom stereocenters. The molecular weight excluding hydrogens is 172 g/mol. The zero-order chi connectivity index (χ0) is 9.97. The number of benzene rings is 1. The van der Waals surface area contributed by atoms with Gasteiger partial charge in [-0.1, -0.05) is 18.2 Å². The number of rotatable bonds is 2. The second-order valence-electron chi connectivity index (χ2n) is 3.65. The summed E-state index contributed by atoms with van der Waals surface area (Å²) in [7, 11) is 0. The lowest BCUT2D eigenvalue weighted by Crippen LogP contribution is -1.93. The number of nitrogens with zero attached hydrogens (tertiary/aromatic N) is 1. The second-order valence-corrected chi connectivity index (χ2v) is 3.65. The molecule has 0 aliphatic rings. The first-order valence-electron chi connectivity index (χ1n) is 4.80. The number of aromatic amines is 1. The van der Waals surface area contributed by atoms with Crippen molar-refractivity contribution in [2.45, 2.75) is 20.3 Å². The van der Waals surface area contributed by atoms with Gasteiger partial charge in [0, 0.05) is 12.6 Å². The van der Waals surface area contributed by atoms with Gasteiger partial charge in [0.25, 0.3) is 0 Å². The van der Waals surface area contributed by atoms with Crippen molar-refractivity contribution in [3.8, 4) is 0 Å². The van der Waals surface area contributed by atoms with E-state index in [0.717, 1.165) is 6.42 Å². The Morgan fingerprint density at radius 2 is 1.93 bits per heavy atom. The molecule has 0 unspecified atom stereocenters. The van der Waals surface area contributed by atoms with E-state index >= 15 is 0 Å². The van der Waals surface area contributed by atoms with Gasteiger partial charge >= 0.3 is 0 Å². The normalized spacial score (nSPS) is 10.4. The van der Waals surface area contributed by atoms with Gasteiger partial charge in [0.05, 0.1) is 6.20 Å². The van der Waals surface area contributed by atoms with Crippen LogP contribution in [0.1, 0.15) is 22.3 Å². The summed E-state index contributed by atoms with van der Waals surface area (Å²) in [5.74, 6) is 0. The fourth-order valence-corrected chi connectivity index (χ4v) is 1.71. The van der Waals surface area contributed by atoms with Gasteiger partial charge in [-0.3, -0.25) is 5.10 Å². The van der Waals surface area contributed by atoms with Crippen molar-refractivity contribution in [1.82, 2.24) is 10.2 Å². The second kappa shape index (κ2) is 3.66. The van der Waals surface area contributed by atoms with Crippen LogP contribution in [-0.4, -0.2) is 10.2 Å². The zero-order valence-corrected chi connectivity index (χ0v) is 8.54. The summed E-state index contributed by atoms with van der Waals surface area (Å²) in [5.41, 5.74) is 5.36. The molecule has 2 rings (SSSR count). The number of hydrogen-bond donors (Lipinski definition) is 1. The van der Waals surface area contributed by atoms with Crippen LogP contribution < -0.4 is 0 Å². The maximum absolute atomic E-state index is 3.95. The lowest BCUT2D eigenvalue weighted by Gasteiger charge is -2.07. The van der Waals surface area contributed by atoms with E-state index < -0.39 is 0 Å². The molecule has 2 aromatic rings. The van der Waals surface area contributed by atoms with E-state index in [1.165, 1.54) is 22.3 Å². The van der Waals surface area contributed by atoms with Crippen LogP contribution in [0.5, 0.6) is 0 Å². The van der Waals surface area contributed by atoms with Crippen molar-refractivity contribution in [1.29, 1.82) is 0 Å². The number of aromatic nitrogens is 2. The van der Waals surface area contributed by atoms with E-state index in [1.807, 2.05) is 12.4 Å². The van der Waals surface area contributed by atoms with Gasteiger partial charge in [0.1, 0.15) is 0 Å². The molecule has 0 spiro atoms. The molecule has 1 N–H and O–H groups in total. The highest BCUT2D eigenvalue weighted by Crippen LogP contribution is 2.16. The first-order chi connectivity index (χ1) is 6.77. The van der Waals surface area contributed by atoms with E-state index in [1.54, 1.807) is 0 Å². The minimum absolute atomic E-state index is 0.967. The van der Waals surface area contributed by atoms with Gasteiger partial charge in [-0.25, -0.2) is 0 Å². The quantitative estimate of drug-likeness (QED) is 0.767. The Bertz CT molecular complexity index is 396. The molecule has 1 aromatic heterocycles. The van der Waals surface area contributed by atoms with Crippen LogP contribution in [0, 0.1) is 13.8 Å². The third-order valence-electron chi connectivity index (χ3n) is 2.58. The van der Waals surface area contributed by atoms with Gasteiger partial charge in [-0.2, -0.15) is 5.10 Å². The number of aryl methyl sites for hydroxylation is 2. The molecule has 0 aliphatic carbocycles. The summed E-state index contributed by atoms with van der Waals surface area (Å²) < 4.78 is 0. The molecular formula is C12H14N2. The third kappa shape index (κ3) is 1.69. The molecule has 0 saturated heterocycles. The smallest absolute Gasteiger partial charge is 0.0522 e. The van der Waals surface area contributed by atoms with Crippen molar-refractivity contribution in [2.24, 2.45) is 0 Å². The van der Waals surface area contributed by atoms with Crippen molar-refractivity contribution in [2.75, 3.05) is 0 Å². The topological polar surface area (TPSA) is 28.7 Å². The molecule has 0 saturated carbocycles. The Labute approximate surface area is 84.0 Å². The highest BCUT2D eigenvalue weighted by Gasteiger charge is 2.03. The Kier molecular flexibility index (Phi) is 2.35. The number of nitrogens with one attached hydrogen (secondary N) is 1. The summed E-state index contributed by atoms with van der Waals surface area (Å²) in [6, 6.07) is 6.41. The van der Waals surface area contributed by atoms with Crippen molar-refractivity contribution in [3.63, 3.8) is 0 Å².